The van der Waals surface area contributed by atoms with E-state index >= 15 is 0 Å². The van der Waals surface area contributed by atoms with Gasteiger partial charge in [0.1, 0.15) is 6.61 Å². The highest BCUT2D eigenvalue weighted by Gasteiger charge is 2.25. The highest BCUT2D eigenvalue weighted by Crippen LogP contribution is 2.43. The Balaban J connectivity index is 1.77. The third-order valence-electron chi connectivity index (χ3n) is 2.79. The van der Waals surface area contributed by atoms with E-state index in [0.29, 0.717) is 24.4 Å². The number of fused-ring (bicyclic) bond motifs is 1. The van der Waals surface area contributed by atoms with Gasteiger partial charge in [-0.25, -0.2) is 8.78 Å². The van der Waals surface area contributed by atoms with Crippen molar-refractivity contribution >= 4 is 23.1 Å². The molecule has 0 fully saturated rings. The van der Waals surface area contributed by atoms with Crippen LogP contribution in [0.1, 0.15) is 24.9 Å². The van der Waals surface area contributed by atoms with E-state index < -0.39 is 13.0 Å². The Hall–Kier alpha value is -0.170. The van der Waals surface area contributed by atoms with Crippen LogP contribution < -0.4 is 5.32 Å². The summed E-state index contributed by atoms with van der Waals surface area (Å²) in [6.07, 6.45) is -1.30. The van der Waals surface area contributed by atoms with Gasteiger partial charge in [-0.15, -0.1) is 23.1 Å². The van der Waals surface area contributed by atoms with Gasteiger partial charge in [0.2, 0.25) is 0 Å². The third-order valence-corrected chi connectivity index (χ3v) is 5.13. The van der Waals surface area contributed by atoms with E-state index in [1.54, 1.807) is 11.3 Å². The van der Waals surface area contributed by atoms with Crippen molar-refractivity contribution in [2.24, 2.45) is 0 Å². The van der Waals surface area contributed by atoms with Gasteiger partial charge in [-0.1, -0.05) is 6.92 Å². The van der Waals surface area contributed by atoms with Crippen molar-refractivity contribution in [1.29, 1.82) is 0 Å². The van der Waals surface area contributed by atoms with Gasteiger partial charge in [-0.05, 0) is 23.4 Å². The molecule has 2 atom stereocenters. The first-order chi connectivity index (χ1) is 8.66. The number of hydrogen-bond donors (Lipinski definition) is 1. The van der Waals surface area contributed by atoms with Gasteiger partial charge in [0.15, 0.2) is 0 Å². The second-order valence-corrected chi connectivity index (χ2v) is 6.92. The summed E-state index contributed by atoms with van der Waals surface area (Å²) in [6.45, 7) is 2.70. The number of nitrogens with one attached hydrogen (secondary N) is 1. The molecule has 6 heteroatoms. The minimum atomic E-state index is -2.38. The maximum absolute atomic E-state index is 11.9. The van der Waals surface area contributed by atoms with Crippen LogP contribution in [-0.4, -0.2) is 31.4 Å². The number of alkyl halides is 2. The molecule has 0 spiro atoms. The average molecular weight is 293 g/mol. The van der Waals surface area contributed by atoms with Gasteiger partial charge < -0.3 is 10.1 Å². The van der Waals surface area contributed by atoms with Crippen molar-refractivity contribution < 1.29 is 13.5 Å². The predicted octanol–water partition coefficient (Wildman–Crippen LogP) is 3.54. The fourth-order valence-corrected chi connectivity index (χ4v) is 4.59. The molecule has 1 unspecified atom stereocenters. The van der Waals surface area contributed by atoms with Crippen LogP contribution in [0.15, 0.2) is 15.7 Å². The van der Waals surface area contributed by atoms with Crippen molar-refractivity contribution in [3.63, 3.8) is 0 Å². The third kappa shape index (κ3) is 3.91. The van der Waals surface area contributed by atoms with E-state index in [9.17, 15) is 8.78 Å². The van der Waals surface area contributed by atoms with Crippen molar-refractivity contribution in [2.75, 3.05) is 19.8 Å². The first kappa shape index (κ1) is 14.2. The largest absolute Gasteiger partial charge is 0.374 e. The average Bonchev–Trinajstić information content (AvgIpc) is 2.75. The molecule has 0 aliphatic carbocycles. The number of ether oxygens (including phenoxy) is 1. The van der Waals surface area contributed by atoms with E-state index in [2.05, 4.69) is 23.7 Å². The highest BCUT2D eigenvalue weighted by atomic mass is 32.2. The second-order valence-electron chi connectivity index (χ2n) is 4.30. The Labute approximate surface area is 114 Å². The smallest absolute Gasteiger partial charge is 0.261 e. The van der Waals surface area contributed by atoms with Crippen LogP contribution in [0.25, 0.3) is 0 Å². The molecule has 1 aliphatic rings. The van der Waals surface area contributed by atoms with Crippen LogP contribution >= 0.6 is 23.1 Å². The van der Waals surface area contributed by atoms with Gasteiger partial charge in [0.05, 0.1) is 10.8 Å². The molecular formula is C12H17F2NOS2. The molecule has 0 saturated heterocycles. The lowest BCUT2D eigenvalue weighted by Gasteiger charge is -2.27. The van der Waals surface area contributed by atoms with E-state index in [4.69, 9.17) is 4.74 Å². The summed E-state index contributed by atoms with van der Waals surface area (Å²) in [4.78, 5) is 0. The molecule has 2 rings (SSSR count). The molecule has 1 aromatic heterocycles. The molecule has 102 valence electrons. The first-order valence-corrected chi connectivity index (χ1v) is 7.76. The number of rotatable bonds is 6. The summed E-state index contributed by atoms with van der Waals surface area (Å²) in [5.41, 5.74) is 1.34. The predicted molar refractivity (Wildman–Crippen MR) is 71.8 cm³/mol. The number of thioether (sulfide) groups is 1. The monoisotopic (exact) mass is 293 g/mol. The van der Waals surface area contributed by atoms with E-state index in [1.165, 1.54) is 9.77 Å². The van der Waals surface area contributed by atoms with Crippen molar-refractivity contribution in [3.8, 4) is 0 Å². The summed E-state index contributed by atoms with van der Waals surface area (Å²) in [6, 6.07) is 2.48. The summed E-state index contributed by atoms with van der Waals surface area (Å²) in [7, 11) is 0. The Morgan fingerprint density at radius 3 is 3.17 bits per heavy atom. The standard InChI is InChI=1S/C12H17F2NOS2/c1-8-6-10(9-2-5-17-12(9)18-8)15-3-4-16-7-11(13)14/h2,5,8,10-11,15H,3-4,6-7H2,1H3/t8-,10?/m0/s1. The van der Waals surface area contributed by atoms with E-state index in [-0.39, 0.29) is 0 Å². The zero-order chi connectivity index (χ0) is 13.0. The summed E-state index contributed by atoms with van der Waals surface area (Å²) in [5.74, 6) is 0. The van der Waals surface area contributed by atoms with E-state index in [0.717, 1.165) is 6.42 Å². The topological polar surface area (TPSA) is 21.3 Å². The lowest BCUT2D eigenvalue weighted by Crippen LogP contribution is -2.29. The fraction of sp³-hybridized carbons (Fsp3) is 0.667. The van der Waals surface area contributed by atoms with Crippen LogP contribution in [0.5, 0.6) is 0 Å². The molecule has 18 heavy (non-hydrogen) atoms. The van der Waals surface area contributed by atoms with Gasteiger partial charge in [0, 0.05) is 17.8 Å². The molecule has 0 aromatic carbocycles. The molecule has 0 saturated carbocycles. The molecule has 0 bridgehead atoms. The molecule has 0 amide bonds. The molecule has 2 nitrogen and oxygen atoms in total. The van der Waals surface area contributed by atoms with E-state index in [1.807, 2.05) is 11.8 Å². The minimum absolute atomic E-state index is 0.331. The minimum Gasteiger partial charge on any atom is -0.374 e. The Bertz CT molecular complexity index is 373. The van der Waals surface area contributed by atoms with Crippen LogP contribution in [-0.2, 0) is 4.74 Å². The fourth-order valence-electron chi connectivity index (χ4n) is 2.02. The summed E-state index contributed by atoms with van der Waals surface area (Å²) < 4.78 is 30.0. The number of hydrogen-bond acceptors (Lipinski definition) is 4. The Morgan fingerprint density at radius 2 is 2.39 bits per heavy atom. The molecule has 1 aliphatic heterocycles. The summed E-state index contributed by atoms with van der Waals surface area (Å²) >= 11 is 3.69. The molecular weight excluding hydrogens is 276 g/mol. The number of thiophene rings is 1. The normalized spacial score (nSPS) is 23.3. The van der Waals surface area contributed by atoms with Crippen LogP contribution in [0.3, 0.4) is 0 Å². The highest BCUT2D eigenvalue weighted by molar-refractivity contribution is 8.01. The SMILES string of the molecule is C[C@H]1CC(NCCOCC(F)F)c2ccsc2S1. The Kier molecular flexibility index (Phi) is 5.41. The second kappa shape index (κ2) is 6.84. The Morgan fingerprint density at radius 1 is 1.56 bits per heavy atom. The maximum atomic E-state index is 11.9. The lowest BCUT2D eigenvalue weighted by atomic mass is 10.1. The lowest BCUT2D eigenvalue weighted by molar-refractivity contribution is 0.0181. The van der Waals surface area contributed by atoms with Crippen molar-refractivity contribution in [3.05, 3.63) is 17.0 Å². The first-order valence-electron chi connectivity index (χ1n) is 6.00. The van der Waals surface area contributed by atoms with Gasteiger partial charge >= 0.3 is 0 Å². The van der Waals surface area contributed by atoms with Gasteiger partial charge in [-0.3, -0.25) is 0 Å². The van der Waals surface area contributed by atoms with Crippen molar-refractivity contribution in [2.45, 2.75) is 35.3 Å². The summed E-state index contributed by atoms with van der Waals surface area (Å²) in [5, 5.41) is 6.09. The maximum Gasteiger partial charge on any atom is 0.261 e. The van der Waals surface area contributed by atoms with Crippen LogP contribution in [0.4, 0.5) is 8.78 Å². The zero-order valence-corrected chi connectivity index (χ0v) is 11.8. The van der Waals surface area contributed by atoms with Gasteiger partial charge in [-0.2, -0.15) is 0 Å². The van der Waals surface area contributed by atoms with Crippen LogP contribution in [0.2, 0.25) is 0 Å². The zero-order valence-electron chi connectivity index (χ0n) is 10.2. The van der Waals surface area contributed by atoms with Crippen molar-refractivity contribution in [1.82, 2.24) is 5.32 Å². The number of halogens is 2. The molecule has 2 heterocycles. The molecule has 0 radical (unpaired) electrons. The van der Waals surface area contributed by atoms with Crippen LogP contribution in [0, 0.1) is 0 Å². The molecule has 1 N–H and O–H groups in total. The molecule has 1 aromatic rings. The van der Waals surface area contributed by atoms with Gasteiger partial charge in [0.25, 0.3) is 6.43 Å². The quantitative estimate of drug-likeness (QED) is 0.811.